The molecule has 2 heterocycles. The van der Waals surface area contributed by atoms with Crippen LogP contribution >= 0.6 is 22.7 Å². The average molecular weight is 409 g/mol. The fraction of sp³-hybridized carbons (Fsp3) is 0.211. The highest BCUT2D eigenvalue weighted by Gasteiger charge is 2.20. The van der Waals surface area contributed by atoms with Crippen LogP contribution in [0.5, 0.6) is 11.5 Å². The Morgan fingerprint density at radius 1 is 1.04 bits per heavy atom. The molecule has 2 aromatic heterocycles. The van der Waals surface area contributed by atoms with Gasteiger partial charge in [0.1, 0.15) is 0 Å². The zero-order valence-corrected chi connectivity index (χ0v) is 16.1. The van der Waals surface area contributed by atoms with Gasteiger partial charge < -0.3 is 14.4 Å². The molecule has 0 bridgehead atoms. The largest absolute Gasteiger partial charge is 0.493 e. The van der Waals surface area contributed by atoms with Gasteiger partial charge in [-0.3, -0.25) is 4.79 Å². The number of benzene rings is 1. The number of alkyl halides is 2. The van der Waals surface area contributed by atoms with Crippen molar-refractivity contribution in [3.63, 3.8) is 0 Å². The van der Waals surface area contributed by atoms with Crippen molar-refractivity contribution in [2.75, 3.05) is 7.11 Å². The molecule has 0 aliphatic rings. The fourth-order valence-corrected chi connectivity index (χ4v) is 4.00. The van der Waals surface area contributed by atoms with Gasteiger partial charge in [0, 0.05) is 15.3 Å². The van der Waals surface area contributed by atoms with Gasteiger partial charge in [-0.25, -0.2) is 0 Å². The van der Waals surface area contributed by atoms with Gasteiger partial charge in [0.05, 0.1) is 20.2 Å². The van der Waals surface area contributed by atoms with E-state index in [1.54, 1.807) is 27.6 Å². The minimum atomic E-state index is -2.96. The first-order valence-electron chi connectivity index (χ1n) is 8.03. The van der Waals surface area contributed by atoms with Crippen LogP contribution in [0, 0.1) is 0 Å². The molecular formula is C19H17F2NO3S2. The summed E-state index contributed by atoms with van der Waals surface area (Å²) in [5.41, 5.74) is 0.349. The summed E-state index contributed by atoms with van der Waals surface area (Å²) >= 11 is 3.15. The Bertz CT molecular complexity index is 831. The van der Waals surface area contributed by atoms with Crippen LogP contribution in [-0.4, -0.2) is 24.5 Å². The lowest BCUT2D eigenvalue weighted by Crippen LogP contribution is -2.29. The maximum absolute atomic E-state index is 13.1. The number of halogens is 2. The van der Waals surface area contributed by atoms with Crippen LogP contribution in [0.15, 0.2) is 53.2 Å². The highest BCUT2D eigenvalue weighted by atomic mass is 32.1. The lowest BCUT2D eigenvalue weighted by molar-refractivity contribution is -0.0512. The van der Waals surface area contributed by atoms with Crippen LogP contribution in [-0.2, 0) is 13.1 Å². The minimum absolute atomic E-state index is 0.0911. The van der Waals surface area contributed by atoms with Crippen LogP contribution in [0.2, 0.25) is 0 Å². The van der Waals surface area contributed by atoms with Crippen molar-refractivity contribution in [2.45, 2.75) is 19.7 Å². The Balaban J connectivity index is 1.86. The van der Waals surface area contributed by atoms with Crippen LogP contribution in [0.25, 0.3) is 0 Å². The number of hydrogen-bond donors (Lipinski definition) is 0. The molecule has 1 aromatic carbocycles. The third-order valence-electron chi connectivity index (χ3n) is 3.77. The molecule has 4 nitrogen and oxygen atoms in total. The summed E-state index contributed by atoms with van der Waals surface area (Å²) in [6.45, 7) is -2.03. The minimum Gasteiger partial charge on any atom is -0.493 e. The molecule has 0 saturated heterocycles. The lowest BCUT2D eigenvalue weighted by Gasteiger charge is -2.22. The van der Waals surface area contributed by atoms with Gasteiger partial charge in [-0.1, -0.05) is 12.1 Å². The summed E-state index contributed by atoms with van der Waals surface area (Å²) in [4.78, 5) is 16.9. The molecule has 0 N–H and O–H groups in total. The van der Waals surface area contributed by atoms with E-state index in [0.29, 0.717) is 18.7 Å². The number of methoxy groups -OCH3 is 1. The number of hydrogen-bond acceptors (Lipinski definition) is 5. The predicted octanol–water partition coefficient (Wildman–Crippen LogP) is 5.26. The molecule has 0 spiro atoms. The molecule has 27 heavy (non-hydrogen) atoms. The van der Waals surface area contributed by atoms with Crippen LogP contribution < -0.4 is 9.47 Å². The molecule has 0 saturated carbocycles. The molecule has 3 aromatic rings. The first-order chi connectivity index (χ1) is 13.1. The summed E-state index contributed by atoms with van der Waals surface area (Å²) < 4.78 is 34.5. The van der Waals surface area contributed by atoms with Crippen molar-refractivity contribution >= 4 is 28.6 Å². The Morgan fingerprint density at radius 2 is 1.67 bits per heavy atom. The summed E-state index contributed by atoms with van der Waals surface area (Å²) in [5, 5.41) is 3.92. The fourth-order valence-electron chi connectivity index (χ4n) is 2.56. The zero-order chi connectivity index (χ0) is 19.2. The lowest BCUT2D eigenvalue weighted by atomic mass is 10.1. The van der Waals surface area contributed by atoms with Crippen LogP contribution in [0.1, 0.15) is 20.1 Å². The summed E-state index contributed by atoms with van der Waals surface area (Å²) in [7, 11) is 1.34. The van der Waals surface area contributed by atoms with Gasteiger partial charge in [-0.05, 0) is 41.1 Å². The topological polar surface area (TPSA) is 38.8 Å². The third-order valence-corrected chi connectivity index (χ3v) is 5.49. The second-order valence-corrected chi connectivity index (χ2v) is 7.63. The molecule has 0 aliphatic carbocycles. The molecule has 3 rings (SSSR count). The van der Waals surface area contributed by atoms with E-state index in [1.807, 2.05) is 35.0 Å². The van der Waals surface area contributed by atoms with Crippen molar-refractivity contribution in [1.29, 1.82) is 0 Å². The molecule has 0 atom stereocenters. The standard InChI is InChI=1S/C19H17F2NO3S2/c1-24-17-10-13(6-7-16(17)25-19(20)21)18(23)22(11-14-4-2-8-26-14)12-15-5-3-9-27-15/h2-10,19H,11-12H2,1H3. The van der Waals surface area contributed by atoms with Gasteiger partial charge >= 0.3 is 6.61 Å². The molecule has 8 heteroatoms. The van der Waals surface area contributed by atoms with E-state index in [-0.39, 0.29) is 17.4 Å². The molecule has 0 radical (unpaired) electrons. The van der Waals surface area contributed by atoms with E-state index < -0.39 is 6.61 Å². The zero-order valence-electron chi connectivity index (χ0n) is 14.4. The molecular weight excluding hydrogens is 392 g/mol. The average Bonchev–Trinajstić information content (AvgIpc) is 3.34. The van der Waals surface area contributed by atoms with E-state index >= 15 is 0 Å². The van der Waals surface area contributed by atoms with Crippen LogP contribution in [0.3, 0.4) is 0 Å². The van der Waals surface area contributed by atoms with Crippen molar-refractivity contribution < 1.29 is 23.0 Å². The normalized spacial score (nSPS) is 10.8. The van der Waals surface area contributed by atoms with E-state index in [2.05, 4.69) is 4.74 Å². The van der Waals surface area contributed by atoms with E-state index in [4.69, 9.17) is 4.74 Å². The van der Waals surface area contributed by atoms with Gasteiger partial charge in [0.25, 0.3) is 5.91 Å². The Morgan fingerprint density at radius 3 is 2.15 bits per heavy atom. The molecule has 0 aliphatic heterocycles. The number of rotatable bonds is 8. The maximum Gasteiger partial charge on any atom is 0.387 e. The maximum atomic E-state index is 13.1. The molecule has 0 fully saturated rings. The van der Waals surface area contributed by atoms with Gasteiger partial charge in [0.15, 0.2) is 11.5 Å². The van der Waals surface area contributed by atoms with Gasteiger partial charge in [-0.2, -0.15) is 8.78 Å². The van der Waals surface area contributed by atoms with E-state index in [1.165, 1.54) is 25.3 Å². The highest BCUT2D eigenvalue weighted by Crippen LogP contribution is 2.30. The van der Waals surface area contributed by atoms with Crippen molar-refractivity contribution in [2.24, 2.45) is 0 Å². The second-order valence-electron chi connectivity index (χ2n) is 5.56. The van der Waals surface area contributed by atoms with Crippen LogP contribution in [0.4, 0.5) is 8.78 Å². The van der Waals surface area contributed by atoms with Crippen molar-refractivity contribution in [1.82, 2.24) is 4.90 Å². The van der Waals surface area contributed by atoms with Gasteiger partial charge in [0.2, 0.25) is 0 Å². The highest BCUT2D eigenvalue weighted by molar-refractivity contribution is 7.10. The van der Waals surface area contributed by atoms with Gasteiger partial charge in [-0.15, -0.1) is 22.7 Å². The Labute approximate surface area is 163 Å². The number of thiophene rings is 2. The van der Waals surface area contributed by atoms with E-state index in [0.717, 1.165) is 9.75 Å². The van der Waals surface area contributed by atoms with Crippen molar-refractivity contribution in [3.8, 4) is 11.5 Å². The third kappa shape index (κ3) is 5.05. The SMILES string of the molecule is COc1cc(C(=O)N(Cc2cccs2)Cc2cccs2)ccc1OC(F)F. The monoisotopic (exact) mass is 409 g/mol. The number of amides is 1. The number of nitrogens with zero attached hydrogens (tertiary/aromatic N) is 1. The van der Waals surface area contributed by atoms with Crippen molar-refractivity contribution in [3.05, 3.63) is 68.5 Å². The first-order valence-corrected chi connectivity index (χ1v) is 9.79. The summed E-state index contributed by atoms with van der Waals surface area (Å²) in [6, 6.07) is 12.0. The van der Waals surface area contributed by atoms with E-state index in [9.17, 15) is 13.6 Å². The Kier molecular flexibility index (Phi) is 6.41. The molecule has 0 unspecified atom stereocenters. The number of carbonyl (C=O) groups is 1. The summed E-state index contributed by atoms with van der Waals surface area (Å²) in [6.07, 6.45) is 0. The molecule has 142 valence electrons. The summed E-state index contributed by atoms with van der Waals surface area (Å²) in [5.74, 6) is -0.223. The molecule has 1 amide bonds. The quantitative estimate of drug-likeness (QED) is 0.509. The first kappa shape index (κ1) is 19.3. The Hall–Kier alpha value is -2.45. The number of carbonyl (C=O) groups excluding carboxylic acids is 1. The smallest absolute Gasteiger partial charge is 0.387 e. The second kappa shape index (κ2) is 8.96. The number of ether oxygens (including phenoxy) is 2. The predicted molar refractivity (Wildman–Crippen MR) is 102 cm³/mol.